The van der Waals surface area contributed by atoms with Gasteiger partial charge in [0, 0.05) is 31.6 Å². The topological polar surface area (TPSA) is 54.3 Å². The van der Waals surface area contributed by atoms with E-state index in [1.807, 2.05) is 27.0 Å². The van der Waals surface area contributed by atoms with E-state index >= 15 is 0 Å². The van der Waals surface area contributed by atoms with Crippen molar-refractivity contribution in [1.29, 1.82) is 0 Å². The minimum atomic E-state index is -0.266. The summed E-state index contributed by atoms with van der Waals surface area (Å²) in [5.41, 5.74) is 2.63. The molecule has 7 heteroatoms. The predicted molar refractivity (Wildman–Crippen MR) is 134 cm³/mol. The lowest BCUT2D eigenvalue weighted by molar-refractivity contribution is -0.127. The van der Waals surface area contributed by atoms with Gasteiger partial charge in [0.15, 0.2) is 0 Å². The summed E-state index contributed by atoms with van der Waals surface area (Å²) >= 11 is 1.62. The molecule has 0 bridgehead atoms. The molecule has 34 heavy (non-hydrogen) atoms. The standard InChI is InChI=1S/C27H32FN3O2S/c1-18-4-2-3-5-22(18)29-26(32)20-10-13-30(14-11-20)27(33)24-16-25-23(12-15-34-25)31(24)17-19-6-8-21(28)9-7-19/h6-9,12,15-16,18,20,22H,2-5,10-11,13-14,17H2,1H3,(H,29,32)/t18-,22-/m0/s1. The predicted octanol–water partition coefficient (Wildman–Crippen LogP) is 5.44. The van der Waals surface area contributed by atoms with Crippen LogP contribution in [-0.4, -0.2) is 40.4 Å². The molecule has 2 atom stereocenters. The van der Waals surface area contributed by atoms with Crippen molar-refractivity contribution in [1.82, 2.24) is 14.8 Å². The highest BCUT2D eigenvalue weighted by atomic mass is 32.1. The van der Waals surface area contributed by atoms with Gasteiger partial charge in [0.05, 0.1) is 10.2 Å². The number of likely N-dealkylation sites (tertiary alicyclic amines) is 1. The highest BCUT2D eigenvalue weighted by Crippen LogP contribution is 2.29. The van der Waals surface area contributed by atoms with E-state index in [-0.39, 0.29) is 23.5 Å². The van der Waals surface area contributed by atoms with Gasteiger partial charge >= 0.3 is 0 Å². The Hall–Kier alpha value is -2.67. The summed E-state index contributed by atoms with van der Waals surface area (Å²) in [6.45, 7) is 3.93. The second-order valence-corrected chi connectivity index (χ2v) is 10.8. The maximum absolute atomic E-state index is 13.5. The molecule has 3 aromatic rings. The van der Waals surface area contributed by atoms with Crippen molar-refractivity contribution < 1.29 is 14.0 Å². The molecule has 5 rings (SSSR count). The monoisotopic (exact) mass is 481 g/mol. The molecule has 5 nitrogen and oxygen atoms in total. The number of fused-ring (bicyclic) bond motifs is 1. The first kappa shape index (κ1) is 23.1. The Bertz CT molecular complexity index is 1160. The van der Waals surface area contributed by atoms with E-state index in [0.29, 0.717) is 50.1 Å². The molecule has 2 fully saturated rings. The van der Waals surface area contributed by atoms with Gasteiger partial charge in [-0.3, -0.25) is 9.59 Å². The van der Waals surface area contributed by atoms with Gasteiger partial charge in [0.25, 0.3) is 5.91 Å². The molecule has 2 aromatic heterocycles. The normalized spacial score (nSPS) is 21.6. The van der Waals surface area contributed by atoms with Crippen LogP contribution in [0.1, 0.15) is 61.5 Å². The first-order valence-corrected chi connectivity index (χ1v) is 13.3. The molecule has 1 aliphatic carbocycles. The summed E-state index contributed by atoms with van der Waals surface area (Å²) in [4.78, 5) is 28.3. The van der Waals surface area contributed by atoms with Crippen LogP contribution in [0.2, 0.25) is 0 Å². The van der Waals surface area contributed by atoms with Crippen molar-refractivity contribution in [3.63, 3.8) is 0 Å². The number of halogens is 1. The highest BCUT2D eigenvalue weighted by Gasteiger charge is 2.31. The molecule has 180 valence electrons. The van der Waals surface area contributed by atoms with Crippen LogP contribution in [0.4, 0.5) is 4.39 Å². The average molecular weight is 482 g/mol. The van der Waals surface area contributed by atoms with Gasteiger partial charge in [0.2, 0.25) is 5.91 Å². The molecule has 0 unspecified atom stereocenters. The molecular weight excluding hydrogens is 449 g/mol. The fraction of sp³-hybridized carbons (Fsp3) is 0.481. The first-order chi connectivity index (χ1) is 16.5. The minimum Gasteiger partial charge on any atom is -0.353 e. The molecule has 0 spiro atoms. The number of carbonyl (C=O) groups is 2. The van der Waals surface area contributed by atoms with Crippen LogP contribution in [0.15, 0.2) is 41.8 Å². The van der Waals surface area contributed by atoms with Crippen molar-refractivity contribution in [2.45, 2.75) is 58.0 Å². The summed E-state index contributed by atoms with van der Waals surface area (Å²) < 4.78 is 16.5. The lowest BCUT2D eigenvalue weighted by Gasteiger charge is -2.34. The van der Waals surface area contributed by atoms with E-state index in [2.05, 4.69) is 12.2 Å². The molecule has 2 aliphatic rings. The zero-order valence-corrected chi connectivity index (χ0v) is 20.5. The van der Waals surface area contributed by atoms with E-state index in [1.165, 1.54) is 31.4 Å². The SMILES string of the molecule is C[C@H]1CCCC[C@@H]1NC(=O)C1CCN(C(=O)c2cc3sccc3n2Cc2ccc(F)cc2)CC1. The van der Waals surface area contributed by atoms with Gasteiger partial charge in [-0.2, -0.15) is 0 Å². The largest absolute Gasteiger partial charge is 0.353 e. The van der Waals surface area contributed by atoms with Gasteiger partial charge < -0.3 is 14.8 Å². The highest BCUT2D eigenvalue weighted by molar-refractivity contribution is 7.17. The van der Waals surface area contributed by atoms with E-state index in [1.54, 1.807) is 23.5 Å². The molecule has 1 N–H and O–H groups in total. The number of benzene rings is 1. The maximum Gasteiger partial charge on any atom is 0.270 e. The van der Waals surface area contributed by atoms with Crippen LogP contribution in [0, 0.1) is 17.7 Å². The third-order valence-corrected chi connectivity index (χ3v) is 8.44. The van der Waals surface area contributed by atoms with Crippen molar-refractivity contribution in [3.05, 3.63) is 58.9 Å². The zero-order valence-electron chi connectivity index (χ0n) is 19.6. The molecule has 2 amide bonds. The number of piperidine rings is 1. The number of hydrogen-bond donors (Lipinski definition) is 1. The van der Waals surface area contributed by atoms with E-state index < -0.39 is 0 Å². The molecule has 0 radical (unpaired) electrons. The molecule has 1 aliphatic heterocycles. The Kier molecular flexibility index (Phi) is 6.73. The molecule has 1 saturated carbocycles. The van der Waals surface area contributed by atoms with Crippen molar-refractivity contribution in [2.75, 3.05) is 13.1 Å². The van der Waals surface area contributed by atoms with Crippen LogP contribution in [-0.2, 0) is 11.3 Å². The second-order valence-electron chi connectivity index (χ2n) is 9.86. The quantitative estimate of drug-likeness (QED) is 0.528. The molecule has 1 saturated heterocycles. The Labute approximate surface area is 203 Å². The minimum absolute atomic E-state index is 0.00488. The number of carbonyl (C=O) groups excluding carboxylic acids is 2. The molecular formula is C27H32FN3O2S. The fourth-order valence-electron chi connectivity index (χ4n) is 5.44. The van der Waals surface area contributed by atoms with E-state index in [4.69, 9.17) is 0 Å². The summed E-state index contributed by atoms with van der Waals surface area (Å²) in [6, 6.07) is 10.7. The lowest BCUT2D eigenvalue weighted by Crippen LogP contribution is -2.47. The van der Waals surface area contributed by atoms with Crippen molar-refractivity contribution in [3.8, 4) is 0 Å². The van der Waals surface area contributed by atoms with Gasteiger partial charge in [-0.05, 0) is 66.8 Å². The molecule has 3 heterocycles. The van der Waals surface area contributed by atoms with E-state index in [9.17, 15) is 14.0 Å². The number of thiophene rings is 1. The Morgan fingerprint density at radius 1 is 1.06 bits per heavy atom. The number of aromatic nitrogens is 1. The maximum atomic E-state index is 13.5. The summed E-state index contributed by atoms with van der Waals surface area (Å²) in [6.07, 6.45) is 6.11. The van der Waals surface area contributed by atoms with Gasteiger partial charge in [-0.25, -0.2) is 4.39 Å². The fourth-order valence-corrected chi connectivity index (χ4v) is 6.26. The van der Waals surface area contributed by atoms with Crippen molar-refractivity contribution in [2.24, 2.45) is 11.8 Å². The van der Waals surface area contributed by atoms with Crippen LogP contribution in [0.25, 0.3) is 10.2 Å². The van der Waals surface area contributed by atoms with Gasteiger partial charge in [0.1, 0.15) is 11.5 Å². The van der Waals surface area contributed by atoms with Gasteiger partial charge in [-0.15, -0.1) is 11.3 Å². The Balaban J connectivity index is 1.26. The van der Waals surface area contributed by atoms with Crippen LogP contribution < -0.4 is 5.32 Å². The Morgan fingerprint density at radius 3 is 2.53 bits per heavy atom. The van der Waals surface area contributed by atoms with Crippen LogP contribution >= 0.6 is 11.3 Å². The summed E-state index contributed by atoms with van der Waals surface area (Å²) in [5, 5.41) is 5.32. The van der Waals surface area contributed by atoms with E-state index in [0.717, 1.165) is 22.2 Å². The number of nitrogens with one attached hydrogen (secondary N) is 1. The third-order valence-electron chi connectivity index (χ3n) is 7.59. The summed E-state index contributed by atoms with van der Waals surface area (Å²) in [5.74, 6) is 0.421. The summed E-state index contributed by atoms with van der Waals surface area (Å²) in [7, 11) is 0. The zero-order chi connectivity index (χ0) is 23.7. The number of rotatable bonds is 5. The molecule has 1 aromatic carbocycles. The van der Waals surface area contributed by atoms with Crippen LogP contribution in [0.5, 0.6) is 0 Å². The average Bonchev–Trinajstić information content (AvgIpc) is 3.44. The van der Waals surface area contributed by atoms with Gasteiger partial charge in [-0.1, -0.05) is 31.9 Å². The third kappa shape index (κ3) is 4.76. The number of hydrogen-bond acceptors (Lipinski definition) is 3. The number of nitrogens with zero attached hydrogens (tertiary/aromatic N) is 2. The Morgan fingerprint density at radius 2 is 1.79 bits per heavy atom. The number of amides is 2. The van der Waals surface area contributed by atoms with Crippen molar-refractivity contribution >= 4 is 33.4 Å². The lowest BCUT2D eigenvalue weighted by atomic mass is 9.85. The van der Waals surface area contributed by atoms with Crippen LogP contribution in [0.3, 0.4) is 0 Å². The second kappa shape index (κ2) is 9.90. The smallest absolute Gasteiger partial charge is 0.270 e. The first-order valence-electron chi connectivity index (χ1n) is 12.4.